The Hall–Kier alpha value is -5.40. The van der Waals surface area contributed by atoms with E-state index in [0.29, 0.717) is 0 Å². The molecule has 6 aromatic carbocycles. The molecule has 1 heteroatoms. The summed E-state index contributed by atoms with van der Waals surface area (Å²) in [6.45, 7) is 8.64. The Labute approximate surface area is 265 Å². The first-order chi connectivity index (χ1) is 22.1. The van der Waals surface area contributed by atoms with E-state index in [1.54, 1.807) is 0 Å². The SMILES string of the molecule is C=C/C=C\C=C(/c1cccc2c1C(C)(C)c1ccccc1O2)C1(c2ccccc2)c2ccccc2-c2c1ccc1ccccc21. The molecule has 0 saturated carbocycles. The lowest BCUT2D eigenvalue weighted by Crippen LogP contribution is -2.32. The average Bonchev–Trinajstić information content (AvgIpc) is 3.38. The van der Waals surface area contributed by atoms with Gasteiger partial charge in [0.05, 0.1) is 5.41 Å². The van der Waals surface area contributed by atoms with Gasteiger partial charge in [0.15, 0.2) is 0 Å². The minimum Gasteiger partial charge on any atom is -0.457 e. The maximum Gasteiger partial charge on any atom is 0.132 e. The standard InChI is InChI=1S/C44H34O/c1-4-5-7-23-36(34-22-16-27-40-42(34)43(2,3)37-25-14-15-26-39(37)45-40)44(31-18-8-6-9-19-31)35-24-13-12-21-33(35)41-32-20-11-10-17-30(32)28-29-38(41)44/h4-29H,1H2,2-3H3/b7-5-,36-23+. The molecule has 8 rings (SSSR count). The third-order valence-corrected chi connectivity index (χ3v) is 9.78. The lowest BCUT2D eigenvalue weighted by Gasteiger charge is -2.41. The van der Waals surface area contributed by atoms with E-state index >= 15 is 0 Å². The van der Waals surface area contributed by atoms with Gasteiger partial charge >= 0.3 is 0 Å². The molecule has 0 bridgehead atoms. The molecule has 0 saturated heterocycles. The zero-order valence-electron chi connectivity index (χ0n) is 25.6. The highest BCUT2D eigenvalue weighted by atomic mass is 16.5. The zero-order chi connectivity index (χ0) is 30.6. The number of hydrogen-bond acceptors (Lipinski definition) is 1. The van der Waals surface area contributed by atoms with E-state index in [2.05, 4.69) is 166 Å². The van der Waals surface area contributed by atoms with Crippen molar-refractivity contribution < 1.29 is 4.74 Å². The van der Waals surface area contributed by atoms with Crippen molar-refractivity contribution in [1.82, 2.24) is 0 Å². The van der Waals surface area contributed by atoms with Crippen LogP contribution in [0.15, 0.2) is 164 Å². The second-order valence-electron chi connectivity index (χ2n) is 12.5. The van der Waals surface area contributed by atoms with Crippen molar-refractivity contribution in [1.29, 1.82) is 0 Å². The fraction of sp³-hybridized carbons (Fsp3) is 0.0909. The Morgan fingerprint density at radius 3 is 2.18 bits per heavy atom. The van der Waals surface area contributed by atoms with E-state index in [9.17, 15) is 0 Å². The van der Waals surface area contributed by atoms with Crippen LogP contribution >= 0.6 is 0 Å². The highest BCUT2D eigenvalue weighted by Crippen LogP contribution is 2.62. The number of para-hydroxylation sites is 1. The molecule has 0 aromatic heterocycles. The predicted octanol–water partition coefficient (Wildman–Crippen LogP) is 11.4. The molecular weight excluding hydrogens is 544 g/mol. The summed E-state index contributed by atoms with van der Waals surface area (Å²) < 4.78 is 6.67. The molecule has 0 N–H and O–H groups in total. The van der Waals surface area contributed by atoms with Gasteiger partial charge in [-0.2, -0.15) is 0 Å². The van der Waals surface area contributed by atoms with E-state index in [1.807, 2.05) is 12.2 Å². The van der Waals surface area contributed by atoms with Gasteiger partial charge < -0.3 is 4.74 Å². The van der Waals surface area contributed by atoms with E-state index < -0.39 is 5.41 Å². The van der Waals surface area contributed by atoms with Crippen LogP contribution in [0.4, 0.5) is 0 Å². The summed E-state index contributed by atoms with van der Waals surface area (Å²) >= 11 is 0. The van der Waals surface area contributed by atoms with Crippen LogP contribution in [0.25, 0.3) is 27.5 Å². The lowest BCUT2D eigenvalue weighted by molar-refractivity contribution is 0.417. The van der Waals surface area contributed by atoms with Crippen molar-refractivity contribution >= 4 is 16.3 Å². The number of rotatable bonds is 5. The number of benzene rings is 6. The second kappa shape index (κ2) is 10.4. The summed E-state index contributed by atoms with van der Waals surface area (Å²) in [5, 5.41) is 2.52. The largest absolute Gasteiger partial charge is 0.457 e. The first-order valence-corrected chi connectivity index (χ1v) is 15.7. The first kappa shape index (κ1) is 27.2. The van der Waals surface area contributed by atoms with Gasteiger partial charge in [0.25, 0.3) is 0 Å². The average molecular weight is 579 g/mol. The minimum absolute atomic E-state index is 0.301. The maximum absolute atomic E-state index is 6.67. The van der Waals surface area contributed by atoms with E-state index in [0.717, 1.165) is 11.5 Å². The van der Waals surface area contributed by atoms with Crippen LogP contribution in [-0.2, 0) is 10.8 Å². The lowest BCUT2D eigenvalue weighted by atomic mass is 9.62. The molecule has 216 valence electrons. The van der Waals surface area contributed by atoms with Crippen LogP contribution < -0.4 is 4.74 Å². The predicted molar refractivity (Wildman–Crippen MR) is 188 cm³/mol. The Morgan fingerprint density at radius 1 is 0.622 bits per heavy atom. The Bertz CT molecular complexity index is 2180. The summed E-state index contributed by atoms with van der Waals surface area (Å²) in [4.78, 5) is 0. The Kier molecular flexibility index (Phi) is 6.25. The zero-order valence-corrected chi connectivity index (χ0v) is 25.6. The summed E-state index contributed by atoms with van der Waals surface area (Å²) in [5.74, 6) is 1.83. The number of hydrogen-bond donors (Lipinski definition) is 0. The van der Waals surface area contributed by atoms with Crippen LogP contribution in [0.1, 0.15) is 47.2 Å². The van der Waals surface area contributed by atoms with Crippen molar-refractivity contribution in [2.45, 2.75) is 24.7 Å². The Morgan fingerprint density at radius 2 is 1.33 bits per heavy atom. The summed E-state index contributed by atoms with van der Waals surface area (Å²) in [7, 11) is 0. The van der Waals surface area contributed by atoms with Gasteiger partial charge in [0.2, 0.25) is 0 Å². The molecule has 1 unspecified atom stereocenters. The van der Waals surface area contributed by atoms with Crippen LogP contribution in [0.2, 0.25) is 0 Å². The maximum atomic E-state index is 6.67. The van der Waals surface area contributed by atoms with Gasteiger partial charge in [-0.05, 0) is 61.9 Å². The molecule has 1 atom stereocenters. The van der Waals surface area contributed by atoms with E-state index in [1.165, 1.54) is 60.9 Å². The van der Waals surface area contributed by atoms with Crippen LogP contribution in [0, 0.1) is 0 Å². The molecule has 1 aliphatic heterocycles. The summed E-state index contributed by atoms with van der Waals surface area (Å²) in [5.41, 5.74) is 10.3. The number of ether oxygens (including phenoxy) is 1. The van der Waals surface area contributed by atoms with Gasteiger partial charge in [-0.1, -0.05) is 166 Å². The monoisotopic (exact) mass is 578 g/mol. The molecule has 1 nitrogen and oxygen atoms in total. The molecule has 0 amide bonds. The topological polar surface area (TPSA) is 9.23 Å². The van der Waals surface area contributed by atoms with Crippen molar-refractivity contribution in [3.63, 3.8) is 0 Å². The molecule has 0 spiro atoms. The summed E-state index contributed by atoms with van der Waals surface area (Å²) in [6.07, 6.45) is 8.31. The number of fused-ring (bicyclic) bond motifs is 7. The smallest absolute Gasteiger partial charge is 0.132 e. The molecule has 0 radical (unpaired) electrons. The van der Waals surface area contributed by atoms with Gasteiger partial charge in [0, 0.05) is 16.5 Å². The van der Waals surface area contributed by atoms with Crippen molar-refractivity contribution in [2.24, 2.45) is 0 Å². The normalized spacial score (nSPS) is 17.7. The Balaban J connectivity index is 1.54. The van der Waals surface area contributed by atoms with Crippen LogP contribution in [0.3, 0.4) is 0 Å². The molecule has 45 heavy (non-hydrogen) atoms. The highest BCUT2D eigenvalue weighted by molar-refractivity contribution is 6.07. The van der Waals surface area contributed by atoms with Crippen LogP contribution in [0.5, 0.6) is 11.5 Å². The van der Waals surface area contributed by atoms with Gasteiger partial charge in [0.1, 0.15) is 11.5 Å². The molecule has 6 aromatic rings. The third-order valence-electron chi connectivity index (χ3n) is 9.78. The molecule has 1 heterocycles. The molecular formula is C44H34O. The fourth-order valence-electron chi connectivity index (χ4n) is 7.95. The fourth-order valence-corrected chi connectivity index (χ4v) is 7.95. The minimum atomic E-state index is -0.592. The number of allylic oxidation sites excluding steroid dienone is 5. The first-order valence-electron chi connectivity index (χ1n) is 15.7. The van der Waals surface area contributed by atoms with Crippen molar-refractivity contribution in [3.8, 4) is 22.6 Å². The molecule has 2 aliphatic rings. The second-order valence-corrected chi connectivity index (χ2v) is 12.5. The molecule has 0 fully saturated rings. The van der Waals surface area contributed by atoms with Gasteiger partial charge in [-0.15, -0.1) is 0 Å². The van der Waals surface area contributed by atoms with Gasteiger partial charge in [-0.3, -0.25) is 0 Å². The van der Waals surface area contributed by atoms with Crippen molar-refractivity contribution in [2.75, 3.05) is 0 Å². The molecule has 1 aliphatic carbocycles. The van der Waals surface area contributed by atoms with Gasteiger partial charge in [-0.25, -0.2) is 0 Å². The third kappa shape index (κ3) is 3.87. The highest BCUT2D eigenvalue weighted by Gasteiger charge is 2.50. The van der Waals surface area contributed by atoms with Crippen molar-refractivity contribution in [3.05, 3.63) is 198 Å². The van der Waals surface area contributed by atoms with E-state index in [4.69, 9.17) is 4.74 Å². The van der Waals surface area contributed by atoms with E-state index in [-0.39, 0.29) is 5.41 Å². The van der Waals surface area contributed by atoms with Crippen LogP contribution in [-0.4, -0.2) is 0 Å². The summed E-state index contributed by atoms with van der Waals surface area (Å²) in [6, 6.07) is 48.4. The quantitative estimate of drug-likeness (QED) is 0.185.